The van der Waals surface area contributed by atoms with E-state index in [0.29, 0.717) is 11.6 Å². The number of benzene rings is 1. The fourth-order valence-electron chi connectivity index (χ4n) is 2.72. The smallest absolute Gasteiger partial charge is 0.330 e. The van der Waals surface area contributed by atoms with E-state index in [2.05, 4.69) is 0 Å². The van der Waals surface area contributed by atoms with Crippen molar-refractivity contribution in [3.63, 3.8) is 0 Å². The Kier molecular flexibility index (Phi) is 3.36. The second kappa shape index (κ2) is 4.53. The fraction of sp³-hybridized carbons (Fsp3) is 0.538. The summed E-state index contributed by atoms with van der Waals surface area (Å²) in [5.41, 5.74) is 4.67. The first-order valence-electron chi connectivity index (χ1n) is 5.96. The minimum absolute atomic E-state index is 0.258. The number of alkyl halides is 3. The Bertz CT molecular complexity index is 433. The number of hydrogen-bond acceptors (Lipinski definition) is 1. The van der Waals surface area contributed by atoms with Crippen LogP contribution in [0.2, 0.25) is 0 Å². The van der Waals surface area contributed by atoms with E-state index in [1.807, 2.05) is 0 Å². The van der Waals surface area contributed by atoms with E-state index in [1.165, 1.54) is 6.07 Å². The van der Waals surface area contributed by atoms with Gasteiger partial charge in [-0.15, -0.1) is 0 Å². The number of halogens is 4. The molecule has 100 valence electrons. The van der Waals surface area contributed by atoms with Crippen molar-refractivity contribution in [1.29, 1.82) is 0 Å². The largest absolute Gasteiger partial charge is 0.416 e. The van der Waals surface area contributed by atoms with Crippen LogP contribution in [-0.4, -0.2) is 6.54 Å². The van der Waals surface area contributed by atoms with E-state index in [-0.39, 0.29) is 6.54 Å². The summed E-state index contributed by atoms with van der Waals surface area (Å²) in [4.78, 5) is 0. The number of hydrogen-bond donors (Lipinski definition) is 1. The third kappa shape index (κ3) is 2.36. The quantitative estimate of drug-likeness (QED) is 0.808. The van der Waals surface area contributed by atoms with E-state index in [1.54, 1.807) is 0 Å². The zero-order chi connectivity index (χ0) is 13.4. The SMILES string of the molecule is NCC1(c2cc(F)cc(C(F)(F)F)c2)CCCC1. The molecule has 0 amide bonds. The summed E-state index contributed by atoms with van der Waals surface area (Å²) in [6, 6.07) is 2.76. The highest BCUT2D eigenvalue weighted by molar-refractivity contribution is 5.33. The molecule has 0 radical (unpaired) electrons. The third-order valence-electron chi connectivity index (χ3n) is 3.79. The second-order valence-electron chi connectivity index (χ2n) is 4.92. The molecule has 1 aliphatic rings. The molecule has 5 heteroatoms. The van der Waals surface area contributed by atoms with Gasteiger partial charge in [0.25, 0.3) is 0 Å². The summed E-state index contributed by atoms with van der Waals surface area (Å²) in [6.45, 7) is 0.258. The van der Waals surface area contributed by atoms with Gasteiger partial charge in [0.15, 0.2) is 0 Å². The Morgan fingerprint density at radius 1 is 1.11 bits per heavy atom. The van der Waals surface area contributed by atoms with Gasteiger partial charge < -0.3 is 5.73 Å². The molecule has 0 saturated heterocycles. The Labute approximate surface area is 103 Å². The lowest BCUT2D eigenvalue weighted by Crippen LogP contribution is -2.32. The maximum Gasteiger partial charge on any atom is 0.416 e. The molecule has 0 spiro atoms. The predicted octanol–water partition coefficient (Wildman–Crippen LogP) is 3.62. The van der Waals surface area contributed by atoms with Gasteiger partial charge in [0.1, 0.15) is 5.82 Å². The van der Waals surface area contributed by atoms with Crippen molar-refractivity contribution in [3.05, 3.63) is 35.1 Å². The highest BCUT2D eigenvalue weighted by Crippen LogP contribution is 2.42. The maximum atomic E-state index is 13.4. The van der Waals surface area contributed by atoms with Crippen molar-refractivity contribution < 1.29 is 17.6 Å². The van der Waals surface area contributed by atoms with E-state index < -0.39 is 23.0 Å². The molecule has 1 saturated carbocycles. The van der Waals surface area contributed by atoms with Gasteiger partial charge in [-0.2, -0.15) is 13.2 Å². The van der Waals surface area contributed by atoms with Crippen LogP contribution in [0.5, 0.6) is 0 Å². The molecule has 0 unspecified atom stereocenters. The molecule has 1 aromatic carbocycles. The van der Waals surface area contributed by atoms with Crippen molar-refractivity contribution in [1.82, 2.24) is 0 Å². The summed E-state index contributed by atoms with van der Waals surface area (Å²) in [5, 5.41) is 0. The molecule has 1 aliphatic carbocycles. The van der Waals surface area contributed by atoms with Crippen LogP contribution >= 0.6 is 0 Å². The van der Waals surface area contributed by atoms with Crippen LogP contribution in [0.3, 0.4) is 0 Å². The molecule has 1 fully saturated rings. The highest BCUT2D eigenvalue weighted by atomic mass is 19.4. The molecular weight excluding hydrogens is 246 g/mol. The van der Waals surface area contributed by atoms with Crippen molar-refractivity contribution >= 4 is 0 Å². The zero-order valence-electron chi connectivity index (χ0n) is 9.86. The molecule has 0 aliphatic heterocycles. The molecule has 0 bridgehead atoms. The van der Waals surface area contributed by atoms with Crippen LogP contribution in [0.15, 0.2) is 18.2 Å². The molecule has 0 atom stereocenters. The van der Waals surface area contributed by atoms with Crippen LogP contribution in [0.1, 0.15) is 36.8 Å². The summed E-state index contributed by atoms with van der Waals surface area (Å²) < 4.78 is 51.4. The molecule has 1 aromatic rings. The van der Waals surface area contributed by atoms with Gasteiger partial charge in [0, 0.05) is 12.0 Å². The average molecular weight is 261 g/mol. The standard InChI is InChI=1S/C13H15F4N/c14-11-6-9(5-10(7-11)13(15,16)17)12(8-18)3-1-2-4-12/h5-7H,1-4,8,18H2. The predicted molar refractivity (Wildman–Crippen MR) is 60.6 cm³/mol. The zero-order valence-corrected chi connectivity index (χ0v) is 9.86. The normalized spacial score (nSPS) is 19.2. The molecule has 1 nitrogen and oxygen atoms in total. The van der Waals surface area contributed by atoms with Crippen LogP contribution in [0.25, 0.3) is 0 Å². The highest BCUT2D eigenvalue weighted by Gasteiger charge is 2.37. The van der Waals surface area contributed by atoms with Gasteiger partial charge in [0.05, 0.1) is 5.56 Å². The van der Waals surface area contributed by atoms with E-state index in [4.69, 9.17) is 5.73 Å². The van der Waals surface area contributed by atoms with E-state index in [0.717, 1.165) is 31.7 Å². The van der Waals surface area contributed by atoms with E-state index >= 15 is 0 Å². The number of nitrogens with two attached hydrogens (primary N) is 1. The first-order valence-corrected chi connectivity index (χ1v) is 5.96. The first kappa shape index (κ1) is 13.3. The Morgan fingerprint density at radius 2 is 1.72 bits per heavy atom. The molecule has 2 N–H and O–H groups in total. The van der Waals surface area contributed by atoms with Crippen molar-refractivity contribution in [2.75, 3.05) is 6.54 Å². The summed E-state index contributed by atoms with van der Waals surface area (Å²) in [5.74, 6) is -0.848. The lowest BCUT2D eigenvalue weighted by molar-refractivity contribution is -0.137. The van der Waals surface area contributed by atoms with Crippen LogP contribution in [0.4, 0.5) is 17.6 Å². The first-order chi connectivity index (χ1) is 8.37. The van der Waals surface area contributed by atoms with Gasteiger partial charge in [-0.25, -0.2) is 4.39 Å². The van der Waals surface area contributed by atoms with Gasteiger partial charge in [-0.05, 0) is 36.6 Å². The number of rotatable bonds is 2. The monoisotopic (exact) mass is 261 g/mol. The van der Waals surface area contributed by atoms with Crippen molar-refractivity contribution in [2.45, 2.75) is 37.3 Å². The lowest BCUT2D eigenvalue weighted by Gasteiger charge is -2.28. The van der Waals surface area contributed by atoms with Crippen molar-refractivity contribution in [2.24, 2.45) is 5.73 Å². The molecule has 0 heterocycles. The van der Waals surface area contributed by atoms with Gasteiger partial charge in [-0.3, -0.25) is 0 Å². The topological polar surface area (TPSA) is 26.0 Å². The van der Waals surface area contributed by atoms with Gasteiger partial charge in [0.2, 0.25) is 0 Å². The molecule has 18 heavy (non-hydrogen) atoms. The van der Waals surface area contributed by atoms with Gasteiger partial charge >= 0.3 is 6.18 Å². The van der Waals surface area contributed by atoms with Crippen molar-refractivity contribution in [3.8, 4) is 0 Å². The average Bonchev–Trinajstić information content (AvgIpc) is 2.76. The summed E-state index contributed by atoms with van der Waals surface area (Å²) >= 11 is 0. The summed E-state index contributed by atoms with van der Waals surface area (Å²) in [7, 11) is 0. The lowest BCUT2D eigenvalue weighted by atomic mass is 9.78. The third-order valence-corrected chi connectivity index (χ3v) is 3.79. The van der Waals surface area contributed by atoms with Crippen LogP contribution < -0.4 is 5.73 Å². The minimum atomic E-state index is -4.52. The minimum Gasteiger partial charge on any atom is -0.330 e. The fourth-order valence-corrected chi connectivity index (χ4v) is 2.72. The Balaban J connectivity index is 2.48. The van der Waals surface area contributed by atoms with Crippen LogP contribution in [0, 0.1) is 5.82 Å². The Hall–Kier alpha value is -1.10. The maximum absolute atomic E-state index is 13.4. The molecular formula is C13H15F4N. The van der Waals surface area contributed by atoms with Crippen LogP contribution in [-0.2, 0) is 11.6 Å². The van der Waals surface area contributed by atoms with Gasteiger partial charge in [-0.1, -0.05) is 12.8 Å². The second-order valence-corrected chi connectivity index (χ2v) is 4.92. The molecule has 2 rings (SSSR count). The molecule has 0 aromatic heterocycles. The Morgan fingerprint density at radius 3 is 2.22 bits per heavy atom. The van der Waals surface area contributed by atoms with E-state index in [9.17, 15) is 17.6 Å². The summed E-state index contributed by atoms with van der Waals surface area (Å²) in [6.07, 6.45) is -1.22.